The van der Waals surface area contributed by atoms with Crippen molar-refractivity contribution in [3.8, 4) is 0 Å². The molecule has 1 fully saturated rings. The summed E-state index contributed by atoms with van der Waals surface area (Å²) in [6.45, 7) is 11.5. The van der Waals surface area contributed by atoms with Crippen molar-refractivity contribution in [2.24, 2.45) is 0 Å². The van der Waals surface area contributed by atoms with Crippen molar-refractivity contribution in [3.05, 3.63) is 42.5 Å². The van der Waals surface area contributed by atoms with Crippen molar-refractivity contribution >= 4 is 11.6 Å². The van der Waals surface area contributed by atoms with E-state index in [1.165, 1.54) is 6.08 Å². The standard InChI is InChI=1S/C16H21NO3/c1-6-13(18)17-12-9-7-8-11(10-12)14-19-15(2,3)16(4,5)20-14/h6-10,14H,1H2,2-5H3,(H,17,18). The van der Waals surface area contributed by atoms with Crippen LogP contribution >= 0.6 is 0 Å². The number of hydrogen-bond donors (Lipinski definition) is 1. The Bertz CT molecular complexity index is 518. The predicted molar refractivity (Wildman–Crippen MR) is 78.3 cm³/mol. The second kappa shape index (κ2) is 5.04. The number of carbonyl (C=O) groups excluding carboxylic acids is 1. The van der Waals surface area contributed by atoms with Gasteiger partial charge in [0.1, 0.15) is 0 Å². The second-order valence-electron chi connectivity index (χ2n) is 5.91. The molecule has 0 aliphatic carbocycles. The van der Waals surface area contributed by atoms with Crippen LogP contribution in [-0.2, 0) is 14.3 Å². The second-order valence-corrected chi connectivity index (χ2v) is 5.91. The largest absolute Gasteiger partial charge is 0.339 e. The molecule has 0 bridgehead atoms. The Hall–Kier alpha value is -1.65. The summed E-state index contributed by atoms with van der Waals surface area (Å²) >= 11 is 0. The van der Waals surface area contributed by atoms with Crippen molar-refractivity contribution in [2.45, 2.75) is 45.2 Å². The smallest absolute Gasteiger partial charge is 0.247 e. The minimum Gasteiger partial charge on any atom is -0.339 e. The molecule has 4 heteroatoms. The van der Waals surface area contributed by atoms with Gasteiger partial charge in [0.25, 0.3) is 0 Å². The van der Waals surface area contributed by atoms with Gasteiger partial charge >= 0.3 is 0 Å². The Morgan fingerprint density at radius 3 is 2.40 bits per heavy atom. The van der Waals surface area contributed by atoms with Gasteiger partial charge in [-0.15, -0.1) is 0 Å². The van der Waals surface area contributed by atoms with Gasteiger partial charge in [-0.05, 0) is 45.9 Å². The van der Waals surface area contributed by atoms with Crippen LogP contribution in [0.25, 0.3) is 0 Å². The third-order valence-electron chi connectivity index (χ3n) is 3.86. The Kier molecular flexibility index (Phi) is 3.71. The molecular weight excluding hydrogens is 254 g/mol. The summed E-state index contributed by atoms with van der Waals surface area (Å²) in [5, 5.41) is 2.73. The zero-order valence-electron chi connectivity index (χ0n) is 12.4. The predicted octanol–water partition coefficient (Wildman–Crippen LogP) is 3.41. The number of benzene rings is 1. The van der Waals surface area contributed by atoms with Crippen LogP contribution in [-0.4, -0.2) is 17.1 Å². The van der Waals surface area contributed by atoms with E-state index in [0.717, 1.165) is 5.56 Å². The number of rotatable bonds is 3. The lowest BCUT2D eigenvalue weighted by molar-refractivity contribution is -0.111. The lowest BCUT2D eigenvalue weighted by Gasteiger charge is -2.30. The molecule has 1 aromatic carbocycles. The minimum atomic E-state index is -0.430. The highest BCUT2D eigenvalue weighted by Crippen LogP contribution is 2.44. The maximum Gasteiger partial charge on any atom is 0.247 e. The van der Waals surface area contributed by atoms with Gasteiger partial charge in [0.05, 0.1) is 11.2 Å². The van der Waals surface area contributed by atoms with Crippen LogP contribution in [0.4, 0.5) is 5.69 Å². The third kappa shape index (κ3) is 2.76. The molecule has 1 aromatic rings. The van der Waals surface area contributed by atoms with Crippen molar-refractivity contribution < 1.29 is 14.3 Å². The van der Waals surface area contributed by atoms with Crippen molar-refractivity contribution in [2.75, 3.05) is 5.32 Å². The molecule has 0 aromatic heterocycles. The molecule has 2 rings (SSSR count). The number of nitrogens with one attached hydrogen (secondary N) is 1. The first-order valence-corrected chi connectivity index (χ1v) is 6.64. The van der Waals surface area contributed by atoms with Gasteiger partial charge in [0.15, 0.2) is 6.29 Å². The molecule has 1 N–H and O–H groups in total. The maximum absolute atomic E-state index is 11.3. The Labute approximate surface area is 119 Å². The van der Waals surface area contributed by atoms with E-state index in [9.17, 15) is 4.79 Å². The van der Waals surface area contributed by atoms with Crippen molar-refractivity contribution in [3.63, 3.8) is 0 Å². The summed E-state index contributed by atoms with van der Waals surface area (Å²) < 4.78 is 12.0. The van der Waals surface area contributed by atoms with Crippen LogP contribution in [0.15, 0.2) is 36.9 Å². The maximum atomic E-state index is 11.3. The number of ether oxygens (including phenoxy) is 2. The summed E-state index contributed by atoms with van der Waals surface area (Å²) in [6.07, 6.45) is 0.808. The fraction of sp³-hybridized carbons (Fsp3) is 0.438. The lowest BCUT2D eigenvalue weighted by Crippen LogP contribution is -2.41. The van der Waals surface area contributed by atoms with E-state index in [1.54, 1.807) is 0 Å². The van der Waals surface area contributed by atoms with Gasteiger partial charge in [-0.2, -0.15) is 0 Å². The van der Waals surface area contributed by atoms with E-state index in [4.69, 9.17) is 9.47 Å². The van der Waals surface area contributed by atoms with Gasteiger partial charge in [0.2, 0.25) is 5.91 Å². The molecular formula is C16H21NO3. The van der Waals surface area contributed by atoms with E-state index in [2.05, 4.69) is 11.9 Å². The number of hydrogen-bond acceptors (Lipinski definition) is 3. The zero-order valence-corrected chi connectivity index (χ0v) is 12.4. The Morgan fingerprint density at radius 1 is 1.25 bits per heavy atom. The minimum absolute atomic E-state index is 0.240. The van der Waals surface area contributed by atoms with Gasteiger partial charge < -0.3 is 14.8 Å². The average molecular weight is 275 g/mol. The summed E-state index contributed by atoms with van der Waals surface area (Å²) in [7, 11) is 0. The summed E-state index contributed by atoms with van der Waals surface area (Å²) in [5.41, 5.74) is 0.823. The quantitative estimate of drug-likeness (QED) is 0.860. The highest BCUT2D eigenvalue weighted by molar-refractivity contribution is 5.98. The summed E-state index contributed by atoms with van der Waals surface area (Å²) in [5.74, 6) is -0.240. The summed E-state index contributed by atoms with van der Waals surface area (Å²) in [6, 6.07) is 7.45. The first-order chi connectivity index (χ1) is 9.25. The molecule has 1 saturated heterocycles. The topological polar surface area (TPSA) is 47.6 Å². The lowest BCUT2D eigenvalue weighted by atomic mass is 9.90. The Morgan fingerprint density at radius 2 is 1.85 bits per heavy atom. The van der Waals surface area contributed by atoms with Crippen LogP contribution in [0.2, 0.25) is 0 Å². The molecule has 0 saturated carbocycles. The van der Waals surface area contributed by atoms with Gasteiger partial charge in [-0.25, -0.2) is 0 Å². The van der Waals surface area contributed by atoms with E-state index < -0.39 is 6.29 Å². The normalized spacial score (nSPS) is 20.6. The van der Waals surface area contributed by atoms with Crippen molar-refractivity contribution in [1.82, 2.24) is 0 Å². The number of carbonyl (C=O) groups is 1. The first kappa shape index (κ1) is 14.8. The number of anilines is 1. The Balaban J connectivity index is 2.21. The first-order valence-electron chi connectivity index (χ1n) is 6.64. The molecule has 0 radical (unpaired) electrons. The molecule has 4 nitrogen and oxygen atoms in total. The molecule has 1 aliphatic rings. The molecule has 20 heavy (non-hydrogen) atoms. The van der Waals surface area contributed by atoms with Gasteiger partial charge in [0, 0.05) is 11.3 Å². The molecule has 1 amide bonds. The highest BCUT2D eigenvalue weighted by Gasteiger charge is 2.49. The monoisotopic (exact) mass is 275 g/mol. The van der Waals surface area contributed by atoms with Crippen LogP contribution in [0.5, 0.6) is 0 Å². The SMILES string of the molecule is C=CC(=O)Nc1cccc(C2OC(C)(C)C(C)(C)O2)c1. The molecule has 1 aliphatic heterocycles. The molecule has 1 heterocycles. The van der Waals surface area contributed by atoms with E-state index >= 15 is 0 Å². The highest BCUT2D eigenvalue weighted by atomic mass is 16.7. The van der Waals surface area contributed by atoms with Crippen LogP contribution < -0.4 is 5.32 Å². The molecule has 0 unspecified atom stereocenters. The zero-order chi connectivity index (χ0) is 15.0. The molecule has 0 atom stereocenters. The van der Waals surface area contributed by atoms with Crippen LogP contribution in [0, 0.1) is 0 Å². The fourth-order valence-corrected chi connectivity index (χ4v) is 1.94. The average Bonchev–Trinajstić information content (AvgIpc) is 2.59. The van der Waals surface area contributed by atoms with Gasteiger partial charge in [-0.3, -0.25) is 4.79 Å². The third-order valence-corrected chi connectivity index (χ3v) is 3.86. The summed E-state index contributed by atoms with van der Waals surface area (Å²) in [4.78, 5) is 11.3. The van der Waals surface area contributed by atoms with Gasteiger partial charge in [-0.1, -0.05) is 18.7 Å². The molecule has 0 spiro atoms. The van der Waals surface area contributed by atoms with Crippen LogP contribution in [0.3, 0.4) is 0 Å². The molecule has 108 valence electrons. The van der Waals surface area contributed by atoms with E-state index in [1.807, 2.05) is 52.0 Å². The van der Waals surface area contributed by atoms with E-state index in [0.29, 0.717) is 5.69 Å². The fourth-order valence-electron chi connectivity index (χ4n) is 1.94. The van der Waals surface area contributed by atoms with E-state index in [-0.39, 0.29) is 17.1 Å². The number of amides is 1. The van der Waals surface area contributed by atoms with Crippen LogP contribution in [0.1, 0.15) is 39.5 Å². The van der Waals surface area contributed by atoms with Crippen molar-refractivity contribution in [1.29, 1.82) is 0 Å².